The molecule has 35 heavy (non-hydrogen) atoms. The highest BCUT2D eigenvalue weighted by Gasteiger charge is 2.31. The van der Waals surface area contributed by atoms with Crippen LogP contribution in [0.3, 0.4) is 0 Å². The number of benzene rings is 2. The van der Waals surface area contributed by atoms with Crippen molar-refractivity contribution in [2.75, 3.05) is 45.6 Å². The molecule has 1 atom stereocenters. The third kappa shape index (κ3) is 7.41. The molecule has 1 saturated heterocycles. The number of likely N-dealkylation sites (N-methyl/N-ethyl adjacent to an activating group) is 1. The maximum absolute atomic E-state index is 13.5. The van der Waals surface area contributed by atoms with Crippen molar-refractivity contribution in [2.24, 2.45) is 0 Å². The fraction of sp³-hybridized carbons (Fsp3) is 0.458. The Morgan fingerprint density at radius 1 is 1.11 bits per heavy atom. The van der Waals surface area contributed by atoms with E-state index in [2.05, 4.69) is 0 Å². The maximum atomic E-state index is 13.5. The smallest absolute Gasteiger partial charge is 0.378 e. The zero-order chi connectivity index (χ0) is 25.6. The first-order chi connectivity index (χ1) is 16.5. The molecule has 1 unspecified atom stereocenters. The van der Waals surface area contributed by atoms with Crippen LogP contribution >= 0.6 is 0 Å². The Labute approximate surface area is 202 Å². The molecule has 0 saturated carbocycles. The first kappa shape index (κ1) is 26.9. The minimum atomic E-state index is -4.48. The Hall–Kier alpha value is -2.66. The van der Waals surface area contributed by atoms with Crippen LogP contribution in [0.2, 0.25) is 0 Å². The van der Waals surface area contributed by atoms with Gasteiger partial charge in [0.05, 0.1) is 29.4 Å². The summed E-state index contributed by atoms with van der Waals surface area (Å²) in [4.78, 5) is 15.8. The minimum Gasteiger partial charge on any atom is -0.378 e. The van der Waals surface area contributed by atoms with Gasteiger partial charge in [-0.05, 0) is 48.7 Å². The van der Waals surface area contributed by atoms with Gasteiger partial charge in [0.2, 0.25) is 0 Å². The summed E-state index contributed by atoms with van der Waals surface area (Å²) in [5.41, 5.74) is -0.214. The molecular weight excluding hydrogens is 488 g/mol. The Morgan fingerprint density at radius 3 is 2.37 bits per heavy atom. The minimum absolute atomic E-state index is 0.122. The topological polar surface area (TPSA) is 66.9 Å². The molecule has 2 amide bonds. The third-order valence-corrected chi connectivity index (χ3v) is 7.73. The molecule has 0 aromatic heterocycles. The largest absolute Gasteiger partial charge is 0.416 e. The molecule has 0 spiro atoms. The summed E-state index contributed by atoms with van der Waals surface area (Å²) < 4.78 is 83.0. The van der Waals surface area contributed by atoms with Crippen molar-refractivity contribution >= 4 is 15.9 Å². The van der Waals surface area contributed by atoms with Crippen molar-refractivity contribution in [3.63, 3.8) is 0 Å². The van der Waals surface area contributed by atoms with E-state index in [1.807, 2.05) is 0 Å². The van der Waals surface area contributed by atoms with E-state index >= 15 is 0 Å². The second kappa shape index (κ2) is 11.4. The van der Waals surface area contributed by atoms with Gasteiger partial charge >= 0.3 is 12.2 Å². The zero-order valence-electron chi connectivity index (χ0n) is 19.3. The number of hydrogen-bond donors (Lipinski definition) is 0. The highest BCUT2D eigenvalue weighted by molar-refractivity contribution is 7.91. The average molecular weight is 517 g/mol. The molecule has 2 aromatic rings. The lowest BCUT2D eigenvalue weighted by molar-refractivity contribution is -0.137. The average Bonchev–Trinajstić information content (AvgIpc) is 2.83. The van der Waals surface area contributed by atoms with Gasteiger partial charge in [-0.15, -0.1) is 0 Å². The van der Waals surface area contributed by atoms with E-state index in [1.54, 1.807) is 11.9 Å². The second-order valence-electron chi connectivity index (χ2n) is 8.50. The van der Waals surface area contributed by atoms with Gasteiger partial charge in [-0.2, -0.15) is 13.2 Å². The van der Waals surface area contributed by atoms with Gasteiger partial charge in [-0.1, -0.05) is 18.2 Å². The molecule has 1 aliphatic rings. The number of carbonyl (C=O) groups is 1. The van der Waals surface area contributed by atoms with Crippen LogP contribution in [-0.4, -0.2) is 69.9 Å². The number of ether oxygens (including phenoxy) is 1. The normalized spacial score (nSPS) is 15.6. The number of morpholine rings is 1. The molecule has 0 N–H and O–H groups in total. The van der Waals surface area contributed by atoms with Gasteiger partial charge in [0.25, 0.3) is 0 Å². The predicted octanol–water partition coefficient (Wildman–Crippen LogP) is 4.57. The van der Waals surface area contributed by atoms with E-state index in [-0.39, 0.29) is 29.6 Å². The number of amides is 2. The van der Waals surface area contributed by atoms with Crippen LogP contribution in [0.4, 0.5) is 22.4 Å². The van der Waals surface area contributed by atoms with Gasteiger partial charge < -0.3 is 14.5 Å². The number of rotatable bonds is 8. The summed E-state index contributed by atoms with van der Waals surface area (Å²) in [6, 6.07) is 9.21. The fourth-order valence-electron chi connectivity index (χ4n) is 4.01. The molecule has 192 valence electrons. The number of alkyl halides is 3. The number of sulfone groups is 1. The van der Waals surface area contributed by atoms with Crippen molar-refractivity contribution < 1.29 is 35.5 Å². The standard InChI is InChI=1S/C24H28F4N2O4S/c1-29(23(31)30-11-13-34-14-12-30)17-19(18-7-9-20(10-8-18)24(26,27)28)4-3-15-35(32,33)22-6-2-5-21(25)16-22/h2,5-10,16,19H,3-4,11-15,17H2,1H3. The quantitative estimate of drug-likeness (QED) is 0.483. The van der Waals surface area contributed by atoms with Crippen LogP contribution in [0.1, 0.15) is 29.9 Å². The Morgan fingerprint density at radius 2 is 1.77 bits per heavy atom. The van der Waals surface area contributed by atoms with Crippen molar-refractivity contribution in [1.82, 2.24) is 9.80 Å². The van der Waals surface area contributed by atoms with Crippen LogP contribution in [0.5, 0.6) is 0 Å². The molecule has 0 bridgehead atoms. The summed E-state index contributed by atoms with van der Waals surface area (Å²) in [5.74, 6) is -1.30. The number of hydrogen-bond acceptors (Lipinski definition) is 4. The van der Waals surface area contributed by atoms with E-state index in [4.69, 9.17) is 4.74 Å². The Balaban J connectivity index is 1.73. The van der Waals surface area contributed by atoms with E-state index in [9.17, 15) is 30.8 Å². The molecule has 6 nitrogen and oxygen atoms in total. The van der Waals surface area contributed by atoms with Crippen molar-refractivity contribution in [3.05, 3.63) is 65.5 Å². The Kier molecular flexibility index (Phi) is 8.76. The SMILES string of the molecule is CN(CC(CCCS(=O)(=O)c1cccc(F)c1)c1ccc(C(F)(F)F)cc1)C(=O)N1CCOCC1. The number of carbonyl (C=O) groups excluding carboxylic acids is 1. The molecule has 0 radical (unpaired) electrons. The Bertz CT molecular complexity index is 1100. The van der Waals surface area contributed by atoms with Gasteiger partial charge in [0.1, 0.15) is 5.82 Å². The van der Waals surface area contributed by atoms with Gasteiger partial charge in [-0.25, -0.2) is 17.6 Å². The van der Waals surface area contributed by atoms with E-state index in [1.165, 1.54) is 29.2 Å². The van der Waals surface area contributed by atoms with Crippen molar-refractivity contribution in [3.8, 4) is 0 Å². The lowest BCUT2D eigenvalue weighted by Crippen LogP contribution is -2.47. The van der Waals surface area contributed by atoms with Crippen molar-refractivity contribution in [2.45, 2.75) is 29.8 Å². The molecular formula is C24H28F4N2O4S. The predicted molar refractivity (Wildman–Crippen MR) is 122 cm³/mol. The van der Waals surface area contributed by atoms with E-state index in [0.717, 1.165) is 24.3 Å². The van der Waals surface area contributed by atoms with Crippen LogP contribution < -0.4 is 0 Å². The number of halogens is 4. The highest BCUT2D eigenvalue weighted by Crippen LogP contribution is 2.31. The summed E-state index contributed by atoms with van der Waals surface area (Å²) in [5, 5.41) is 0. The summed E-state index contributed by atoms with van der Waals surface area (Å²) in [7, 11) is -2.13. The fourth-order valence-corrected chi connectivity index (χ4v) is 5.37. The van der Waals surface area contributed by atoms with Gasteiger partial charge in [0, 0.05) is 32.6 Å². The van der Waals surface area contributed by atoms with Crippen LogP contribution in [-0.2, 0) is 20.8 Å². The molecule has 1 fully saturated rings. The molecule has 11 heteroatoms. The lowest BCUT2D eigenvalue weighted by atomic mass is 9.93. The third-order valence-electron chi connectivity index (χ3n) is 5.93. The zero-order valence-corrected chi connectivity index (χ0v) is 20.1. The molecule has 1 aliphatic heterocycles. The molecule has 1 heterocycles. The lowest BCUT2D eigenvalue weighted by Gasteiger charge is -2.33. The summed E-state index contributed by atoms with van der Waals surface area (Å²) >= 11 is 0. The maximum Gasteiger partial charge on any atom is 0.416 e. The molecule has 0 aliphatic carbocycles. The van der Waals surface area contributed by atoms with Gasteiger partial charge in [0.15, 0.2) is 9.84 Å². The van der Waals surface area contributed by atoms with E-state index in [0.29, 0.717) is 38.3 Å². The van der Waals surface area contributed by atoms with Crippen molar-refractivity contribution in [1.29, 1.82) is 0 Å². The number of nitrogens with zero attached hydrogens (tertiary/aromatic N) is 2. The second-order valence-corrected chi connectivity index (χ2v) is 10.6. The highest BCUT2D eigenvalue weighted by atomic mass is 32.2. The summed E-state index contributed by atoms with van der Waals surface area (Å²) in [6.07, 6.45) is -3.99. The van der Waals surface area contributed by atoms with Crippen LogP contribution in [0.25, 0.3) is 0 Å². The van der Waals surface area contributed by atoms with Crippen LogP contribution in [0.15, 0.2) is 53.4 Å². The monoisotopic (exact) mass is 516 g/mol. The van der Waals surface area contributed by atoms with Crippen LogP contribution in [0, 0.1) is 5.82 Å². The molecule has 3 rings (SSSR count). The van der Waals surface area contributed by atoms with Gasteiger partial charge in [-0.3, -0.25) is 0 Å². The summed E-state index contributed by atoms with van der Waals surface area (Å²) in [6.45, 7) is 1.95. The first-order valence-electron chi connectivity index (χ1n) is 11.2. The first-order valence-corrected chi connectivity index (χ1v) is 12.9. The number of urea groups is 1. The van der Waals surface area contributed by atoms with E-state index < -0.39 is 33.3 Å². The molecule has 2 aromatic carbocycles.